The molecule has 1 nitrogen and oxygen atoms in total. The summed E-state index contributed by atoms with van der Waals surface area (Å²) in [6, 6.07) is 0. The first-order chi connectivity index (χ1) is 3.41. The van der Waals surface area contributed by atoms with Gasteiger partial charge in [-0.3, -0.25) is 0 Å². The summed E-state index contributed by atoms with van der Waals surface area (Å²) in [6.07, 6.45) is 1.67. The first-order valence-electron chi connectivity index (χ1n) is 2.43. The van der Waals surface area contributed by atoms with Crippen molar-refractivity contribution in [1.82, 2.24) is 0 Å². The Balaban J connectivity index is 2.56. The fourth-order valence-electron chi connectivity index (χ4n) is 0.276. The summed E-state index contributed by atoms with van der Waals surface area (Å²) in [4.78, 5) is 9.67. The van der Waals surface area contributed by atoms with Gasteiger partial charge in [-0.2, -0.15) is 11.8 Å². The average molecular weight is 118 g/mol. The van der Waals surface area contributed by atoms with Gasteiger partial charge < -0.3 is 4.79 Å². The quantitative estimate of drug-likeness (QED) is 0.409. The molecule has 0 spiro atoms. The number of rotatable bonds is 4. The fourth-order valence-corrected chi connectivity index (χ4v) is 0.827. The van der Waals surface area contributed by atoms with Crippen LogP contribution in [0.3, 0.4) is 0 Å². The second-order valence-corrected chi connectivity index (χ2v) is 2.55. The van der Waals surface area contributed by atoms with E-state index in [2.05, 4.69) is 6.92 Å². The third kappa shape index (κ3) is 6.02. The smallest absolute Gasteiger partial charge is 0.120 e. The number of thioether (sulfide) groups is 1. The molecule has 0 aliphatic carbocycles. The normalized spacial score (nSPS) is 8.71. The van der Waals surface area contributed by atoms with Gasteiger partial charge in [-0.1, -0.05) is 6.92 Å². The van der Waals surface area contributed by atoms with E-state index < -0.39 is 0 Å². The van der Waals surface area contributed by atoms with Gasteiger partial charge in [0.1, 0.15) is 6.29 Å². The molecule has 2 heteroatoms. The Morgan fingerprint density at radius 3 is 2.86 bits per heavy atom. The van der Waals surface area contributed by atoms with E-state index >= 15 is 0 Å². The second-order valence-electron chi connectivity index (χ2n) is 1.15. The maximum atomic E-state index is 9.67. The molecule has 0 radical (unpaired) electrons. The summed E-state index contributed by atoms with van der Waals surface area (Å²) in [7, 11) is 0. The largest absolute Gasteiger partial charge is 0.303 e. The van der Waals surface area contributed by atoms with E-state index in [4.69, 9.17) is 0 Å². The van der Waals surface area contributed by atoms with E-state index in [-0.39, 0.29) is 0 Å². The lowest BCUT2D eigenvalue weighted by atomic mass is 10.6. The van der Waals surface area contributed by atoms with Crippen molar-refractivity contribution >= 4 is 18.0 Å². The molecule has 0 amide bonds. The van der Waals surface area contributed by atoms with Gasteiger partial charge in [0.25, 0.3) is 0 Å². The minimum atomic E-state index is 0.707. The standard InChI is InChI=1S/C5H10OS/c1-2-7-5-3-4-6/h4H,2-3,5H2,1H3. The maximum Gasteiger partial charge on any atom is 0.120 e. The highest BCUT2D eigenvalue weighted by Gasteiger charge is 1.79. The highest BCUT2D eigenvalue weighted by molar-refractivity contribution is 7.99. The van der Waals surface area contributed by atoms with E-state index in [0.29, 0.717) is 6.42 Å². The lowest BCUT2D eigenvalue weighted by molar-refractivity contribution is -0.107. The van der Waals surface area contributed by atoms with E-state index in [9.17, 15) is 4.79 Å². The van der Waals surface area contributed by atoms with Crippen molar-refractivity contribution in [2.24, 2.45) is 0 Å². The van der Waals surface area contributed by atoms with Crippen LogP contribution in [0.1, 0.15) is 13.3 Å². The van der Waals surface area contributed by atoms with E-state index in [1.165, 1.54) is 0 Å². The molecule has 0 heterocycles. The van der Waals surface area contributed by atoms with Gasteiger partial charge in [0.2, 0.25) is 0 Å². The van der Waals surface area contributed by atoms with Crippen LogP contribution in [0.2, 0.25) is 0 Å². The van der Waals surface area contributed by atoms with Crippen LogP contribution >= 0.6 is 11.8 Å². The molecule has 0 N–H and O–H groups in total. The number of carbonyl (C=O) groups excluding carboxylic acids is 1. The number of carbonyl (C=O) groups is 1. The van der Waals surface area contributed by atoms with Gasteiger partial charge >= 0.3 is 0 Å². The molecule has 0 unspecified atom stereocenters. The summed E-state index contributed by atoms with van der Waals surface area (Å²) < 4.78 is 0. The zero-order valence-electron chi connectivity index (χ0n) is 4.52. The molecule has 0 saturated heterocycles. The second kappa shape index (κ2) is 6.02. The molecule has 42 valence electrons. The van der Waals surface area contributed by atoms with Crippen LogP contribution in [-0.2, 0) is 4.79 Å². The predicted molar refractivity (Wildman–Crippen MR) is 33.7 cm³/mol. The van der Waals surface area contributed by atoms with E-state index in [0.717, 1.165) is 17.8 Å². The molecule has 0 atom stereocenters. The molecular weight excluding hydrogens is 108 g/mol. The molecule has 0 saturated carbocycles. The van der Waals surface area contributed by atoms with Crippen LogP contribution in [0.4, 0.5) is 0 Å². The van der Waals surface area contributed by atoms with Crippen LogP contribution < -0.4 is 0 Å². The third-order valence-corrected chi connectivity index (χ3v) is 1.52. The molecular formula is C5H10OS. The molecule has 0 aliphatic heterocycles. The van der Waals surface area contributed by atoms with Gasteiger partial charge in [-0.25, -0.2) is 0 Å². The minimum absolute atomic E-state index is 0.707. The first-order valence-corrected chi connectivity index (χ1v) is 3.58. The molecule has 0 fully saturated rings. The highest BCUT2D eigenvalue weighted by atomic mass is 32.2. The predicted octanol–water partition coefficient (Wildman–Crippen LogP) is 1.33. The Kier molecular flexibility index (Phi) is 6.04. The van der Waals surface area contributed by atoms with Crippen molar-refractivity contribution < 1.29 is 4.79 Å². The topological polar surface area (TPSA) is 17.1 Å². The Bertz CT molecular complexity index is 45.3. The van der Waals surface area contributed by atoms with Crippen LogP contribution in [0, 0.1) is 0 Å². The zero-order chi connectivity index (χ0) is 5.54. The van der Waals surface area contributed by atoms with Gasteiger partial charge in [0.05, 0.1) is 0 Å². The molecule has 0 aromatic rings. The van der Waals surface area contributed by atoms with Crippen LogP contribution in [0.25, 0.3) is 0 Å². The van der Waals surface area contributed by atoms with Crippen LogP contribution in [0.5, 0.6) is 0 Å². The first kappa shape index (κ1) is 7.02. The van der Waals surface area contributed by atoms with Crippen molar-refractivity contribution in [3.63, 3.8) is 0 Å². The Labute approximate surface area is 48.5 Å². The molecule has 0 aromatic heterocycles. The van der Waals surface area contributed by atoms with E-state index in [1.807, 2.05) is 0 Å². The zero-order valence-corrected chi connectivity index (χ0v) is 5.33. The van der Waals surface area contributed by atoms with Gasteiger partial charge in [0.15, 0.2) is 0 Å². The summed E-state index contributed by atoms with van der Waals surface area (Å²) in [5.74, 6) is 2.10. The van der Waals surface area contributed by atoms with Gasteiger partial charge in [0, 0.05) is 6.42 Å². The Hall–Kier alpha value is 0.0200. The van der Waals surface area contributed by atoms with Gasteiger partial charge in [-0.15, -0.1) is 0 Å². The van der Waals surface area contributed by atoms with Crippen molar-refractivity contribution in [1.29, 1.82) is 0 Å². The maximum absolute atomic E-state index is 9.67. The fraction of sp³-hybridized carbons (Fsp3) is 0.800. The minimum Gasteiger partial charge on any atom is -0.303 e. The lowest BCUT2D eigenvalue weighted by Gasteiger charge is -1.86. The van der Waals surface area contributed by atoms with Crippen LogP contribution in [-0.4, -0.2) is 17.8 Å². The molecule has 0 aliphatic rings. The van der Waals surface area contributed by atoms with Crippen molar-refractivity contribution in [2.45, 2.75) is 13.3 Å². The van der Waals surface area contributed by atoms with Crippen molar-refractivity contribution in [3.05, 3.63) is 0 Å². The summed E-state index contributed by atoms with van der Waals surface area (Å²) in [5, 5.41) is 0. The lowest BCUT2D eigenvalue weighted by Crippen LogP contribution is -1.78. The monoisotopic (exact) mass is 118 g/mol. The molecule has 7 heavy (non-hydrogen) atoms. The van der Waals surface area contributed by atoms with Gasteiger partial charge in [-0.05, 0) is 11.5 Å². The Morgan fingerprint density at radius 1 is 1.71 bits per heavy atom. The van der Waals surface area contributed by atoms with Crippen molar-refractivity contribution in [2.75, 3.05) is 11.5 Å². The van der Waals surface area contributed by atoms with Crippen LogP contribution in [0.15, 0.2) is 0 Å². The highest BCUT2D eigenvalue weighted by Crippen LogP contribution is 1.97. The van der Waals surface area contributed by atoms with E-state index in [1.54, 1.807) is 11.8 Å². The molecule has 0 bridgehead atoms. The van der Waals surface area contributed by atoms with Crippen molar-refractivity contribution in [3.8, 4) is 0 Å². The summed E-state index contributed by atoms with van der Waals surface area (Å²) in [5.41, 5.74) is 0. The number of hydrogen-bond acceptors (Lipinski definition) is 2. The molecule has 0 rings (SSSR count). The Morgan fingerprint density at radius 2 is 2.43 bits per heavy atom. The molecule has 0 aromatic carbocycles. The summed E-state index contributed by atoms with van der Waals surface area (Å²) >= 11 is 1.80. The number of hydrogen-bond donors (Lipinski definition) is 0. The third-order valence-electron chi connectivity index (χ3n) is 0.584. The average Bonchev–Trinajstić information content (AvgIpc) is 1.69. The summed E-state index contributed by atoms with van der Waals surface area (Å²) in [6.45, 7) is 2.09. The SMILES string of the molecule is CCSCCC=O. The number of aldehydes is 1.